The van der Waals surface area contributed by atoms with Gasteiger partial charge in [-0.05, 0) is 48.4 Å². The summed E-state index contributed by atoms with van der Waals surface area (Å²) in [7, 11) is 2.13. The third-order valence-electron chi connectivity index (χ3n) is 4.80. The number of aromatic nitrogens is 3. The van der Waals surface area contributed by atoms with Crippen LogP contribution in [0.3, 0.4) is 0 Å². The second kappa shape index (κ2) is 6.45. The summed E-state index contributed by atoms with van der Waals surface area (Å²) >= 11 is 3.63. The second-order valence-electron chi connectivity index (χ2n) is 6.59. The van der Waals surface area contributed by atoms with Crippen LogP contribution < -0.4 is 4.90 Å². The molecule has 130 valence electrons. The van der Waals surface area contributed by atoms with Gasteiger partial charge in [0, 0.05) is 34.8 Å². The predicted octanol–water partition coefficient (Wildman–Crippen LogP) is 4.94. The fourth-order valence-corrected chi connectivity index (χ4v) is 5.60. The molecule has 0 unspecified atom stereocenters. The molecule has 4 nitrogen and oxygen atoms in total. The molecule has 0 saturated carbocycles. The Morgan fingerprint density at radius 3 is 2.92 bits per heavy atom. The molecule has 4 heterocycles. The fraction of sp³-hybridized carbons (Fsp3) is 0.250. The second-order valence-corrected chi connectivity index (χ2v) is 8.70. The standard InChI is InChI=1S/C20H18N4S2/c1-24(12-14-6-4-10-25-14)19-17-15-7-2-8-16(15)26-20(17)23-18(22-19)13-5-3-9-21-11-13/h3-6,9-11H,2,7-8,12H2,1H3. The van der Waals surface area contributed by atoms with Crippen LogP contribution in [0, 0.1) is 0 Å². The van der Waals surface area contributed by atoms with Crippen molar-refractivity contribution in [3.8, 4) is 11.4 Å². The number of rotatable bonds is 4. The van der Waals surface area contributed by atoms with E-state index in [1.165, 1.54) is 33.5 Å². The molecule has 0 bridgehead atoms. The van der Waals surface area contributed by atoms with E-state index in [2.05, 4.69) is 34.4 Å². The Labute approximate surface area is 160 Å². The Morgan fingerprint density at radius 2 is 2.12 bits per heavy atom. The number of nitrogens with zero attached hydrogens (tertiary/aromatic N) is 4. The number of thiophene rings is 2. The average Bonchev–Trinajstić information content (AvgIpc) is 3.38. The monoisotopic (exact) mass is 378 g/mol. The first-order valence-corrected chi connectivity index (χ1v) is 10.5. The zero-order valence-electron chi connectivity index (χ0n) is 14.5. The largest absolute Gasteiger partial charge is 0.354 e. The third kappa shape index (κ3) is 2.70. The molecule has 1 aliphatic carbocycles. The predicted molar refractivity (Wildman–Crippen MR) is 109 cm³/mol. The first-order valence-electron chi connectivity index (χ1n) is 8.76. The third-order valence-corrected chi connectivity index (χ3v) is 6.85. The van der Waals surface area contributed by atoms with E-state index in [9.17, 15) is 0 Å². The highest BCUT2D eigenvalue weighted by molar-refractivity contribution is 7.19. The Morgan fingerprint density at radius 1 is 1.15 bits per heavy atom. The van der Waals surface area contributed by atoms with E-state index in [4.69, 9.17) is 9.97 Å². The van der Waals surface area contributed by atoms with E-state index in [1.807, 2.05) is 29.7 Å². The quantitative estimate of drug-likeness (QED) is 0.504. The number of hydrogen-bond donors (Lipinski definition) is 0. The lowest BCUT2D eigenvalue weighted by molar-refractivity contribution is 0.906. The average molecular weight is 379 g/mol. The van der Waals surface area contributed by atoms with Crippen molar-refractivity contribution in [2.24, 2.45) is 0 Å². The van der Waals surface area contributed by atoms with Gasteiger partial charge in [0.15, 0.2) is 5.82 Å². The van der Waals surface area contributed by atoms with Gasteiger partial charge >= 0.3 is 0 Å². The number of hydrogen-bond acceptors (Lipinski definition) is 6. The lowest BCUT2D eigenvalue weighted by Crippen LogP contribution is -2.18. The van der Waals surface area contributed by atoms with Gasteiger partial charge in [0.1, 0.15) is 10.6 Å². The summed E-state index contributed by atoms with van der Waals surface area (Å²) in [5.41, 5.74) is 2.43. The molecule has 6 heteroatoms. The summed E-state index contributed by atoms with van der Waals surface area (Å²) < 4.78 is 0. The van der Waals surface area contributed by atoms with Crippen molar-refractivity contribution in [1.29, 1.82) is 0 Å². The van der Waals surface area contributed by atoms with Gasteiger partial charge in [0.05, 0.1) is 11.9 Å². The van der Waals surface area contributed by atoms with Gasteiger partial charge in [-0.15, -0.1) is 22.7 Å². The summed E-state index contributed by atoms with van der Waals surface area (Å²) in [4.78, 5) is 20.3. The van der Waals surface area contributed by atoms with E-state index in [1.54, 1.807) is 17.5 Å². The van der Waals surface area contributed by atoms with Gasteiger partial charge in [0.25, 0.3) is 0 Å². The molecule has 0 radical (unpaired) electrons. The van der Waals surface area contributed by atoms with Crippen LogP contribution in [0.5, 0.6) is 0 Å². The molecule has 0 atom stereocenters. The highest BCUT2D eigenvalue weighted by Crippen LogP contribution is 2.41. The number of fused-ring (bicyclic) bond motifs is 3. The molecular weight excluding hydrogens is 360 g/mol. The molecule has 0 fully saturated rings. The summed E-state index contributed by atoms with van der Waals surface area (Å²) in [5, 5.41) is 3.39. The lowest BCUT2D eigenvalue weighted by atomic mass is 10.1. The molecule has 5 rings (SSSR count). The van der Waals surface area contributed by atoms with Gasteiger partial charge in [-0.25, -0.2) is 9.97 Å². The molecule has 0 spiro atoms. The molecule has 0 amide bonds. The number of anilines is 1. The molecule has 4 aromatic heterocycles. The van der Waals surface area contributed by atoms with E-state index >= 15 is 0 Å². The van der Waals surface area contributed by atoms with Crippen LogP contribution in [-0.4, -0.2) is 22.0 Å². The molecular formula is C20H18N4S2. The van der Waals surface area contributed by atoms with E-state index < -0.39 is 0 Å². The van der Waals surface area contributed by atoms with E-state index in [0.717, 1.165) is 35.0 Å². The fourth-order valence-electron chi connectivity index (χ4n) is 3.59. The smallest absolute Gasteiger partial charge is 0.164 e. The Kier molecular flexibility index (Phi) is 3.94. The Hall–Kier alpha value is -2.31. The maximum Gasteiger partial charge on any atom is 0.164 e. The van der Waals surface area contributed by atoms with Gasteiger partial charge in [-0.3, -0.25) is 4.98 Å². The molecule has 0 saturated heterocycles. The summed E-state index contributed by atoms with van der Waals surface area (Å²) in [6.07, 6.45) is 7.18. The maximum absolute atomic E-state index is 4.99. The van der Waals surface area contributed by atoms with Crippen molar-refractivity contribution in [2.45, 2.75) is 25.8 Å². The first-order chi connectivity index (χ1) is 12.8. The topological polar surface area (TPSA) is 41.9 Å². The highest BCUT2D eigenvalue weighted by atomic mass is 32.1. The Balaban J connectivity index is 1.68. The van der Waals surface area contributed by atoms with Crippen LogP contribution in [0.25, 0.3) is 21.6 Å². The lowest BCUT2D eigenvalue weighted by Gasteiger charge is -2.19. The van der Waals surface area contributed by atoms with Crippen molar-refractivity contribution < 1.29 is 0 Å². The zero-order chi connectivity index (χ0) is 17.5. The maximum atomic E-state index is 4.99. The molecule has 0 aromatic carbocycles. The minimum absolute atomic E-state index is 0.763. The van der Waals surface area contributed by atoms with Crippen LogP contribution in [0.2, 0.25) is 0 Å². The van der Waals surface area contributed by atoms with Crippen LogP contribution in [-0.2, 0) is 19.4 Å². The molecule has 0 N–H and O–H groups in total. The molecule has 26 heavy (non-hydrogen) atoms. The minimum Gasteiger partial charge on any atom is -0.354 e. The van der Waals surface area contributed by atoms with E-state index in [0.29, 0.717) is 0 Å². The molecule has 1 aliphatic rings. The van der Waals surface area contributed by atoms with Crippen molar-refractivity contribution in [1.82, 2.24) is 15.0 Å². The zero-order valence-corrected chi connectivity index (χ0v) is 16.1. The summed E-state index contributed by atoms with van der Waals surface area (Å²) in [6.45, 7) is 0.862. The highest BCUT2D eigenvalue weighted by Gasteiger charge is 2.24. The van der Waals surface area contributed by atoms with E-state index in [-0.39, 0.29) is 0 Å². The van der Waals surface area contributed by atoms with Crippen LogP contribution in [0.1, 0.15) is 21.7 Å². The molecule has 0 aliphatic heterocycles. The minimum atomic E-state index is 0.763. The summed E-state index contributed by atoms with van der Waals surface area (Å²) in [5.74, 6) is 1.81. The number of pyridine rings is 1. The molecule has 4 aromatic rings. The van der Waals surface area contributed by atoms with Crippen molar-refractivity contribution >= 4 is 38.7 Å². The summed E-state index contributed by atoms with van der Waals surface area (Å²) in [6, 6.07) is 8.25. The van der Waals surface area contributed by atoms with Gasteiger partial charge < -0.3 is 4.90 Å². The van der Waals surface area contributed by atoms with Crippen LogP contribution in [0.15, 0.2) is 42.0 Å². The normalized spacial score (nSPS) is 13.3. The van der Waals surface area contributed by atoms with Gasteiger partial charge in [0.2, 0.25) is 0 Å². The first kappa shape index (κ1) is 15.9. The van der Waals surface area contributed by atoms with Crippen LogP contribution >= 0.6 is 22.7 Å². The van der Waals surface area contributed by atoms with Crippen molar-refractivity contribution in [2.75, 3.05) is 11.9 Å². The SMILES string of the molecule is CN(Cc1cccs1)c1nc(-c2cccnc2)nc2sc3c(c12)CCC3. The van der Waals surface area contributed by atoms with Crippen molar-refractivity contribution in [3.63, 3.8) is 0 Å². The van der Waals surface area contributed by atoms with Crippen LogP contribution in [0.4, 0.5) is 5.82 Å². The Bertz CT molecular complexity index is 1050. The van der Waals surface area contributed by atoms with Crippen molar-refractivity contribution in [3.05, 3.63) is 57.4 Å². The van der Waals surface area contributed by atoms with Gasteiger partial charge in [-0.1, -0.05) is 6.07 Å². The number of aryl methyl sites for hydroxylation is 2. The van der Waals surface area contributed by atoms with Gasteiger partial charge in [-0.2, -0.15) is 0 Å².